The molecule has 3 rings (SSSR count). The fourth-order valence-electron chi connectivity index (χ4n) is 3.76. The van der Waals surface area contributed by atoms with Crippen LogP contribution in [0.5, 0.6) is 0 Å². The summed E-state index contributed by atoms with van der Waals surface area (Å²) < 4.78 is 1.75. The Balaban J connectivity index is 0.00000243. The smallest absolute Gasteiger partial charge is 0.252 e. The van der Waals surface area contributed by atoms with E-state index in [1.165, 1.54) is 6.33 Å². The summed E-state index contributed by atoms with van der Waals surface area (Å²) in [6.45, 7) is 9.00. The number of carbonyl (C=O) groups excluding carboxylic acids is 1. The first-order chi connectivity index (χ1) is 12.1. The van der Waals surface area contributed by atoms with Crippen LogP contribution in [0.3, 0.4) is 0 Å². The second-order valence-corrected chi connectivity index (χ2v) is 6.80. The highest BCUT2D eigenvalue weighted by molar-refractivity contribution is 5.85. The van der Waals surface area contributed by atoms with Gasteiger partial charge in [0.25, 0.3) is 5.78 Å². The first-order valence-electron chi connectivity index (χ1n) is 9.27. The van der Waals surface area contributed by atoms with E-state index in [1.807, 2.05) is 13.8 Å². The average molecular weight is 381 g/mol. The molecule has 7 nitrogen and oxygen atoms in total. The van der Waals surface area contributed by atoms with Gasteiger partial charge >= 0.3 is 0 Å². The Hall–Kier alpha value is -1.73. The van der Waals surface area contributed by atoms with Crippen LogP contribution in [0.25, 0.3) is 5.78 Å². The predicted octanol–water partition coefficient (Wildman–Crippen LogP) is 2.09. The minimum atomic E-state index is 0. The number of rotatable bonds is 6. The summed E-state index contributed by atoms with van der Waals surface area (Å²) in [5.74, 6) is 0.874. The number of aryl methyl sites for hydroxylation is 2. The first-order valence-corrected chi connectivity index (χ1v) is 9.27. The number of nitrogens with one attached hydrogen (secondary N) is 1. The molecule has 0 saturated carbocycles. The molecule has 1 saturated heterocycles. The van der Waals surface area contributed by atoms with Crippen molar-refractivity contribution in [3.05, 3.63) is 23.3 Å². The molecule has 1 fully saturated rings. The van der Waals surface area contributed by atoms with Crippen molar-refractivity contribution in [1.29, 1.82) is 0 Å². The van der Waals surface area contributed by atoms with Gasteiger partial charge in [0, 0.05) is 30.4 Å². The highest BCUT2D eigenvalue weighted by atomic mass is 35.5. The predicted molar refractivity (Wildman–Crippen MR) is 104 cm³/mol. The van der Waals surface area contributed by atoms with Crippen LogP contribution in [0.1, 0.15) is 49.6 Å². The third-order valence-electron chi connectivity index (χ3n) is 5.11. The van der Waals surface area contributed by atoms with Crippen LogP contribution < -0.4 is 5.32 Å². The zero-order valence-corrected chi connectivity index (χ0v) is 16.7. The molecule has 8 heteroatoms. The molecular weight excluding hydrogens is 352 g/mol. The van der Waals surface area contributed by atoms with Crippen LogP contribution in [0, 0.1) is 13.8 Å². The topological polar surface area (TPSA) is 75.4 Å². The molecule has 144 valence electrons. The van der Waals surface area contributed by atoms with Crippen LogP contribution in [-0.4, -0.2) is 56.1 Å². The molecule has 0 aliphatic carbocycles. The first kappa shape index (κ1) is 20.6. The number of carbonyl (C=O) groups is 1. The summed E-state index contributed by atoms with van der Waals surface area (Å²) in [7, 11) is 0. The summed E-state index contributed by atoms with van der Waals surface area (Å²) >= 11 is 0. The molecule has 0 atom stereocenters. The quantitative estimate of drug-likeness (QED) is 0.830. The largest absolute Gasteiger partial charge is 0.340 e. The zero-order chi connectivity index (χ0) is 17.8. The van der Waals surface area contributed by atoms with Gasteiger partial charge in [0.1, 0.15) is 6.33 Å². The molecule has 1 aliphatic heterocycles. The molecule has 26 heavy (non-hydrogen) atoms. The van der Waals surface area contributed by atoms with Crippen molar-refractivity contribution in [3.8, 4) is 0 Å². The van der Waals surface area contributed by atoms with E-state index in [1.54, 1.807) is 4.52 Å². The van der Waals surface area contributed by atoms with Crippen LogP contribution in [0.15, 0.2) is 6.33 Å². The summed E-state index contributed by atoms with van der Waals surface area (Å²) in [6, 6.07) is 0.381. The summed E-state index contributed by atoms with van der Waals surface area (Å²) in [5.41, 5.74) is 3.07. The van der Waals surface area contributed by atoms with E-state index in [-0.39, 0.29) is 18.3 Å². The lowest BCUT2D eigenvalue weighted by Gasteiger charge is -2.34. The number of hydrogen-bond acceptors (Lipinski definition) is 5. The number of fused-ring (bicyclic) bond motifs is 1. The average Bonchev–Trinajstić information content (AvgIpc) is 3.08. The van der Waals surface area contributed by atoms with Gasteiger partial charge in [0.15, 0.2) is 0 Å². The lowest BCUT2D eigenvalue weighted by atomic mass is 10.0. The van der Waals surface area contributed by atoms with E-state index in [4.69, 9.17) is 0 Å². The molecule has 0 bridgehead atoms. The van der Waals surface area contributed by atoms with E-state index < -0.39 is 0 Å². The van der Waals surface area contributed by atoms with Crippen molar-refractivity contribution < 1.29 is 4.79 Å². The van der Waals surface area contributed by atoms with Gasteiger partial charge in [-0.15, -0.1) is 12.4 Å². The lowest BCUT2D eigenvalue weighted by Crippen LogP contribution is -2.46. The molecule has 1 aliphatic rings. The molecule has 3 heterocycles. The highest BCUT2D eigenvalue weighted by Crippen LogP contribution is 2.18. The number of piperidine rings is 1. The van der Waals surface area contributed by atoms with E-state index >= 15 is 0 Å². The molecule has 1 N–H and O–H groups in total. The number of hydrogen-bond donors (Lipinski definition) is 1. The normalized spacial score (nSPS) is 15.0. The maximum Gasteiger partial charge on any atom is 0.252 e. The van der Waals surface area contributed by atoms with Crippen LogP contribution in [-0.2, 0) is 11.2 Å². The zero-order valence-electron chi connectivity index (χ0n) is 15.9. The number of nitrogens with zero attached hydrogens (tertiary/aromatic N) is 5. The Kier molecular flexibility index (Phi) is 7.34. The van der Waals surface area contributed by atoms with Crippen LogP contribution in [0.4, 0.5) is 0 Å². The van der Waals surface area contributed by atoms with Gasteiger partial charge in [-0.05, 0) is 58.2 Å². The molecule has 1 amide bonds. The van der Waals surface area contributed by atoms with Crippen molar-refractivity contribution in [3.63, 3.8) is 0 Å². The van der Waals surface area contributed by atoms with E-state index in [0.29, 0.717) is 24.7 Å². The lowest BCUT2D eigenvalue weighted by molar-refractivity contribution is -0.134. The fraction of sp³-hybridized carbons (Fsp3) is 0.667. The van der Waals surface area contributed by atoms with Gasteiger partial charge in [-0.25, -0.2) is 9.50 Å². The van der Waals surface area contributed by atoms with Crippen LogP contribution >= 0.6 is 12.4 Å². The molecule has 0 aromatic carbocycles. The van der Waals surface area contributed by atoms with E-state index in [2.05, 4.69) is 32.2 Å². The standard InChI is InChI=1S/C18H28N6O.ClH/c1-4-11-23(15-7-9-19-10-8-15)17(25)6-5-16-13(2)22-18-20-12-21-24(18)14(16)3;/h12,15,19H,4-11H2,1-3H3;1H. The monoisotopic (exact) mass is 380 g/mol. The molecule has 0 spiro atoms. The van der Waals surface area contributed by atoms with Crippen LogP contribution in [0.2, 0.25) is 0 Å². The maximum absolute atomic E-state index is 12.9. The van der Waals surface area contributed by atoms with Gasteiger partial charge in [0.2, 0.25) is 5.91 Å². The number of aromatic nitrogens is 4. The second kappa shape index (κ2) is 9.28. The summed E-state index contributed by atoms with van der Waals surface area (Å²) in [4.78, 5) is 23.6. The number of amides is 1. The molecule has 2 aromatic heterocycles. The fourth-order valence-corrected chi connectivity index (χ4v) is 3.76. The molecule has 2 aromatic rings. The van der Waals surface area contributed by atoms with Crippen molar-refractivity contribution in [2.75, 3.05) is 19.6 Å². The molecule has 0 unspecified atom stereocenters. The Morgan fingerprint density at radius 1 is 1.35 bits per heavy atom. The van der Waals surface area contributed by atoms with Crippen molar-refractivity contribution in [2.45, 2.75) is 58.9 Å². The second-order valence-electron chi connectivity index (χ2n) is 6.80. The Morgan fingerprint density at radius 2 is 2.08 bits per heavy atom. The summed E-state index contributed by atoms with van der Waals surface area (Å²) in [6.07, 6.45) is 5.84. The van der Waals surface area contributed by atoms with E-state index in [0.717, 1.165) is 55.8 Å². The summed E-state index contributed by atoms with van der Waals surface area (Å²) in [5, 5.41) is 7.60. The van der Waals surface area contributed by atoms with Gasteiger partial charge in [-0.2, -0.15) is 10.1 Å². The molecule has 0 radical (unpaired) electrons. The Labute approximate surface area is 161 Å². The minimum Gasteiger partial charge on any atom is -0.340 e. The molecular formula is C18H29ClN6O. The highest BCUT2D eigenvalue weighted by Gasteiger charge is 2.24. The van der Waals surface area contributed by atoms with Gasteiger partial charge < -0.3 is 10.2 Å². The minimum absolute atomic E-state index is 0. The SMILES string of the molecule is CCCN(C(=O)CCc1c(C)nc2ncnn2c1C)C1CCNCC1.Cl. The third-order valence-corrected chi connectivity index (χ3v) is 5.11. The van der Waals surface area contributed by atoms with Gasteiger partial charge in [-0.3, -0.25) is 4.79 Å². The Morgan fingerprint density at radius 3 is 2.77 bits per heavy atom. The van der Waals surface area contributed by atoms with E-state index in [9.17, 15) is 4.79 Å². The number of halogens is 1. The van der Waals surface area contributed by atoms with Gasteiger partial charge in [0.05, 0.1) is 0 Å². The van der Waals surface area contributed by atoms with Gasteiger partial charge in [-0.1, -0.05) is 6.92 Å². The van der Waals surface area contributed by atoms with Crippen molar-refractivity contribution in [1.82, 2.24) is 29.8 Å². The van der Waals surface area contributed by atoms with Crippen molar-refractivity contribution in [2.24, 2.45) is 0 Å². The van der Waals surface area contributed by atoms with Crippen molar-refractivity contribution >= 4 is 24.1 Å². The maximum atomic E-state index is 12.9. The Bertz CT molecular complexity index is 741. The third kappa shape index (κ3) is 4.32.